The summed E-state index contributed by atoms with van der Waals surface area (Å²) in [5, 5.41) is 0. The van der Waals surface area contributed by atoms with E-state index in [2.05, 4.69) is 69.2 Å². The van der Waals surface area contributed by atoms with Crippen molar-refractivity contribution in [1.82, 2.24) is 0 Å². The van der Waals surface area contributed by atoms with E-state index in [0.717, 1.165) is 96.3 Å². The van der Waals surface area contributed by atoms with Crippen molar-refractivity contribution in [3.05, 3.63) is 0 Å². The van der Waals surface area contributed by atoms with Crippen LogP contribution in [-0.2, 0) is 120 Å². The first-order valence-electron chi connectivity index (χ1n) is 41.1. The van der Waals surface area contributed by atoms with Gasteiger partial charge in [-0.05, 0) is 190 Å². The van der Waals surface area contributed by atoms with Gasteiger partial charge < -0.3 is 71.1 Å². The number of fused-ring (bicyclic) bond motifs is 10. The van der Waals surface area contributed by atoms with Crippen LogP contribution in [-0.4, -0.2) is 155 Å². The fraction of sp³-hybridized carbons (Fsp3) is 1.00. The van der Waals surface area contributed by atoms with Crippen molar-refractivity contribution in [3.8, 4) is 0 Å². The van der Waals surface area contributed by atoms with Gasteiger partial charge in [0.2, 0.25) is 28.9 Å². The van der Waals surface area contributed by atoms with Crippen LogP contribution in [0.25, 0.3) is 0 Å². The van der Waals surface area contributed by atoms with Gasteiger partial charge in [0.05, 0.1) is 0 Å². The van der Waals surface area contributed by atoms with E-state index in [0.29, 0.717) is 88.8 Å². The molecule has 0 aromatic carbocycles. The van der Waals surface area contributed by atoms with Crippen LogP contribution in [0.2, 0.25) is 0 Å². The van der Waals surface area contributed by atoms with Gasteiger partial charge in [-0.15, -0.1) is 0 Å². The molecule has 25 nitrogen and oxygen atoms in total. The van der Waals surface area contributed by atoms with Gasteiger partial charge in [-0.1, -0.05) is 69.2 Å². The van der Waals surface area contributed by atoms with Gasteiger partial charge in [0.1, 0.15) is 0 Å². The van der Waals surface area contributed by atoms with E-state index in [4.69, 9.17) is 120 Å². The summed E-state index contributed by atoms with van der Waals surface area (Å²) in [4.78, 5) is 59.0. The Morgan fingerprint density at radius 3 is 0.524 bits per heavy atom. The lowest BCUT2D eigenvalue weighted by Crippen LogP contribution is -2.70. The van der Waals surface area contributed by atoms with Crippen molar-refractivity contribution in [1.29, 1.82) is 0 Å². The van der Waals surface area contributed by atoms with Crippen LogP contribution in [0.4, 0.5) is 0 Å². The molecular weight excluding hydrogens is 1360 g/mol. The molecule has 0 radical (unpaired) electrons. The largest absolute Gasteiger partial charge is 0.355 e. The number of methoxy groups -OCH3 is 5. The molecule has 10 bridgehead atoms. The third kappa shape index (κ3) is 12.2. The summed E-state index contributed by atoms with van der Waals surface area (Å²) in [6.07, 6.45) is 18.2. The lowest BCUT2D eigenvalue weighted by molar-refractivity contribution is -0.577. The minimum absolute atomic E-state index is 0.230. The summed E-state index contributed by atoms with van der Waals surface area (Å²) in [7, 11) is 8.52. The van der Waals surface area contributed by atoms with E-state index in [1.54, 1.807) is 35.5 Å². The minimum atomic E-state index is -0.698. The first-order chi connectivity index (χ1) is 50.0. The van der Waals surface area contributed by atoms with Gasteiger partial charge in [0.15, 0.2) is 90.9 Å². The summed E-state index contributed by atoms with van der Waals surface area (Å²) in [6.45, 7) is 32.3. The van der Waals surface area contributed by atoms with E-state index in [9.17, 15) is 0 Å². The average molecular weight is 1490 g/mol. The second-order valence-electron chi connectivity index (χ2n) is 37.5. The monoisotopic (exact) mass is 1490 g/mol. The second kappa shape index (κ2) is 28.5. The number of rotatable bonds is 5. The van der Waals surface area contributed by atoms with Crippen LogP contribution in [0, 0.1) is 118 Å². The molecule has 0 amide bonds. The maximum atomic E-state index is 6.21. The molecule has 40 atom stereocenters. The molecule has 0 aromatic rings. The maximum absolute atomic E-state index is 6.21. The third-order valence-electron chi connectivity index (χ3n) is 31.6. The van der Waals surface area contributed by atoms with Gasteiger partial charge in [-0.3, -0.25) is 0 Å². The molecule has 5 saturated carbocycles. The fourth-order valence-electron chi connectivity index (χ4n) is 25.7. The van der Waals surface area contributed by atoms with E-state index >= 15 is 0 Å². The van der Waals surface area contributed by atoms with Gasteiger partial charge >= 0.3 is 0 Å². The van der Waals surface area contributed by atoms with Gasteiger partial charge in [-0.2, -0.15) is 0 Å². The molecule has 25 aliphatic rings. The molecule has 20 saturated heterocycles. The van der Waals surface area contributed by atoms with Crippen LogP contribution < -0.4 is 0 Å². The lowest BCUT2D eigenvalue weighted by atomic mass is 9.58. The highest BCUT2D eigenvalue weighted by molar-refractivity contribution is 5.15. The highest BCUT2D eigenvalue weighted by Gasteiger charge is 2.76. The number of hydrogen-bond acceptors (Lipinski definition) is 25. The van der Waals surface area contributed by atoms with Crippen molar-refractivity contribution in [2.45, 2.75) is 352 Å². The Morgan fingerprint density at radius 2 is 0.371 bits per heavy atom. The van der Waals surface area contributed by atoms with Crippen molar-refractivity contribution in [3.63, 3.8) is 0 Å². The lowest BCUT2D eigenvalue weighted by Gasteiger charge is -2.60. The van der Waals surface area contributed by atoms with Crippen LogP contribution in [0.15, 0.2) is 0 Å². The predicted molar refractivity (Wildman–Crippen MR) is 369 cm³/mol. The van der Waals surface area contributed by atoms with Gasteiger partial charge in [0, 0.05) is 127 Å². The molecular formula is C80H130O25. The molecule has 5 aliphatic carbocycles. The molecule has 0 unspecified atom stereocenters. The minimum Gasteiger partial charge on any atom is -0.355 e. The average Bonchev–Trinajstić information content (AvgIpc) is 1.70. The smallest absolute Gasteiger partial charge is 0.201 e. The molecule has 25 rings (SSSR count). The predicted octanol–water partition coefficient (Wildman–Crippen LogP) is 14.2. The molecule has 105 heavy (non-hydrogen) atoms. The van der Waals surface area contributed by atoms with Gasteiger partial charge in [0.25, 0.3) is 0 Å². The van der Waals surface area contributed by atoms with Crippen molar-refractivity contribution in [2.75, 3.05) is 35.5 Å². The highest BCUT2D eigenvalue weighted by atomic mass is 17.3. The summed E-state index contributed by atoms with van der Waals surface area (Å²) in [5.41, 5.74) is -2.35. The summed E-state index contributed by atoms with van der Waals surface area (Å²) < 4.78 is 89.6. The van der Waals surface area contributed by atoms with Crippen LogP contribution in [0.1, 0.15) is 232 Å². The van der Waals surface area contributed by atoms with Crippen molar-refractivity contribution < 1.29 is 120 Å². The van der Waals surface area contributed by atoms with Crippen LogP contribution in [0.5, 0.6) is 0 Å². The van der Waals surface area contributed by atoms with Crippen molar-refractivity contribution in [2.24, 2.45) is 118 Å². The zero-order chi connectivity index (χ0) is 74.1. The van der Waals surface area contributed by atoms with E-state index < -0.39 is 88.4 Å². The molecule has 5 spiro atoms. The Bertz CT molecular complexity index is 2600. The topological polar surface area (TPSA) is 231 Å². The Labute approximate surface area is 623 Å². The summed E-state index contributed by atoms with van der Waals surface area (Å²) >= 11 is 0. The van der Waals surface area contributed by atoms with Crippen LogP contribution >= 0.6 is 0 Å². The first kappa shape index (κ1) is 77.9. The number of hydrogen-bond donors (Lipinski definition) is 0. The van der Waals surface area contributed by atoms with E-state index in [1.165, 1.54) is 32.1 Å². The molecule has 0 N–H and O–H groups in total. The molecule has 25 heteroatoms. The molecule has 25 fully saturated rings. The molecule has 20 aliphatic heterocycles. The quantitative estimate of drug-likeness (QED) is 0.233. The Kier molecular flexibility index (Phi) is 21.1. The fourth-order valence-corrected chi connectivity index (χ4v) is 25.7. The Hall–Kier alpha value is -1.00. The van der Waals surface area contributed by atoms with Gasteiger partial charge in [-0.25, -0.2) is 48.9 Å². The zero-order valence-corrected chi connectivity index (χ0v) is 66.7. The normalized spacial score (nSPS) is 59.4. The van der Waals surface area contributed by atoms with Crippen LogP contribution in [0.3, 0.4) is 0 Å². The third-order valence-corrected chi connectivity index (χ3v) is 31.6. The molecule has 20 heterocycles. The Morgan fingerprint density at radius 1 is 0.210 bits per heavy atom. The van der Waals surface area contributed by atoms with E-state index in [-0.39, 0.29) is 61.0 Å². The highest BCUT2D eigenvalue weighted by Crippen LogP contribution is 2.67. The zero-order valence-electron chi connectivity index (χ0n) is 66.7. The molecule has 600 valence electrons. The van der Waals surface area contributed by atoms with E-state index in [1.807, 2.05) is 34.6 Å². The maximum Gasteiger partial charge on any atom is 0.201 e. The first-order valence-corrected chi connectivity index (χ1v) is 41.1. The second-order valence-corrected chi connectivity index (χ2v) is 37.5. The SMILES string of the molecule is CO[C@H]1O[C@@H]2O[C@@]3(C)CC[C@H]4[C@H](C)CC[C@@H]([C@H]1C)[C@@]24OO3.CO[C@H]1O[C@@H]2O[C@@]3(C)CC[C@H]4[C@H](C)CC[C@@H]([C@H]1C)[C@@]24OO3.CO[C@H]1O[C@@H]2O[C@@]3(C)CC[C@H]4[C@H](C)CC[C@@H]([C@H]1C)[C@@]24OO3.CO[C@H]1O[C@@H]2O[C@@]3(C)CC[C@H]4[C@H](C)CC[C@@H]([C@H]1C)[C@@]24OO3.CO[C@H]1O[C@@H]2O[C@@]3(C)CC[C@H]4[C@H](C)CC[C@@H]([C@H]1C)[C@@]24OO3. The number of ether oxygens (including phenoxy) is 15. The molecule has 0 aromatic heterocycles. The summed E-state index contributed by atoms with van der Waals surface area (Å²) in [6, 6.07) is 0. The standard InChI is InChI=1S/5C16H26O5/c5*1-9-5-6-12-10(2)13(17-4)18-14-16(12)11(9)7-8-15(3,19-14)20-21-16/h5*9-14H,5-8H2,1-4H3/t5*9-,10-,11+,12+,13+,14-,15-,16-/m11111/s1. The Balaban J connectivity index is 0.000000101. The summed E-state index contributed by atoms with van der Waals surface area (Å²) in [5.74, 6) is 4.76. The van der Waals surface area contributed by atoms with Crippen molar-refractivity contribution >= 4 is 0 Å².